The number of aryl methyl sites for hydroxylation is 1. The first-order valence-corrected chi connectivity index (χ1v) is 9.45. The third-order valence-corrected chi connectivity index (χ3v) is 5.38. The van der Waals surface area contributed by atoms with Gasteiger partial charge in [0.15, 0.2) is 0 Å². The fraction of sp³-hybridized carbons (Fsp3) is 0.0769. The molecule has 0 amide bonds. The number of nitrogen functional groups attached to an aromatic ring is 2. The highest BCUT2D eigenvalue weighted by atomic mass is 14.5. The van der Waals surface area contributed by atoms with Gasteiger partial charge in [0, 0.05) is 11.4 Å². The lowest BCUT2D eigenvalue weighted by atomic mass is 9.65. The summed E-state index contributed by atoms with van der Waals surface area (Å²) in [6, 6.07) is 35.8. The summed E-state index contributed by atoms with van der Waals surface area (Å²) in [5.41, 5.74) is 19.1. The largest absolute Gasteiger partial charge is 0.399 e. The van der Waals surface area contributed by atoms with Gasteiger partial charge in [-0.1, -0.05) is 84.4 Å². The topological polar surface area (TPSA) is 52.0 Å². The van der Waals surface area contributed by atoms with Crippen LogP contribution in [0.1, 0.15) is 27.8 Å². The Morgan fingerprint density at radius 1 is 0.464 bits per heavy atom. The van der Waals surface area contributed by atoms with Crippen LogP contribution in [0.5, 0.6) is 0 Å². The van der Waals surface area contributed by atoms with E-state index in [2.05, 4.69) is 85.8 Å². The molecule has 0 aliphatic rings. The number of benzene rings is 4. The lowest BCUT2D eigenvalue weighted by Crippen LogP contribution is -2.31. The van der Waals surface area contributed by atoms with Gasteiger partial charge in [0.05, 0.1) is 5.41 Å². The highest BCUT2D eigenvalue weighted by Crippen LogP contribution is 2.45. The molecule has 0 aromatic heterocycles. The van der Waals surface area contributed by atoms with Crippen LogP contribution in [0.25, 0.3) is 0 Å². The molecule has 0 saturated carbocycles. The van der Waals surface area contributed by atoms with Crippen LogP contribution >= 0.6 is 0 Å². The van der Waals surface area contributed by atoms with Crippen LogP contribution < -0.4 is 11.5 Å². The van der Waals surface area contributed by atoms with Gasteiger partial charge < -0.3 is 11.5 Å². The molecule has 138 valence electrons. The normalized spacial score (nSPS) is 11.3. The molecule has 0 saturated heterocycles. The molecule has 4 aromatic rings. The first kappa shape index (κ1) is 17.9. The van der Waals surface area contributed by atoms with Crippen molar-refractivity contribution < 1.29 is 0 Å². The molecule has 0 fully saturated rings. The van der Waals surface area contributed by atoms with Crippen molar-refractivity contribution in [1.82, 2.24) is 0 Å². The van der Waals surface area contributed by atoms with Gasteiger partial charge in [-0.2, -0.15) is 0 Å². The maximum atomic E-state index is 6.01. The van der Waals surface area contributed by atoms with Gasteiger partial charge in [0.2, 0.25) is 0 Å². The van der Waals surface area contributed by atoms with Crippen molar-refractivity contribution in [3.63, 3.8) is 0 Å². The van der Waals surface area contributed by atoms with E-state index < -0.39 is 5.41 Å². The number of hydrogen-bond donors (Lipinski definition) is 2. The molecule has 0 radical (unpaired) electrons. The van der Waals surface area contributed by atoms with Crippen LogP contribution in [0.2, 0.25) is 0 Å². The van der Waals surface area contributed by atoms with Crippen molar-refractivity contribution in [3.05, 3.63) is 131 Å². The zero-order valence-electron chi connectivity index (χ0n) is 16.0. The Morgan fingerprint density at radius 2 is 0.821 bits per heavy atom. The monoisotopic (exact) mass is 364 g/mol. The number of anilines is 2. The highest BCUT2D eigenvalue weighted by molar-refractivity contribution is 5.62. The summed E-state index contributed by atoms with van der Waals surface area (Å²) in [7, 11) is 0. The zero-order valence-corrected chi connectivity index (χ0v) is 16.0. The van der Waals surface area contributed by atoms with Crippen molar-refractivity contribution in [2.24, 2.45) is 0 Å². The van der Waals surface area contributed by atoms with Crippen LogP contribution in [-0.4, -0.2) is 0 Å². The fourth-order valence-electron chi connectivity index (χ4n) is 3.96. The number of rotatable bonds is 4. The molecule has 0 aliphatic carbocycles. The van der Waals surface area contributed by atoms with E-state index >= 15 is 0 Å². The summed E-state index contributed by atoms with van der Waals surface area (Å²) in [4.78, 5) is 0. The summed E-state index contributed by atoms with van der Waals surface area (Å²) in [5, 5.41) is 0. The fourth-order valence-corrected chi connectivity index (χ4v) is 3.96. The van der Waals surface area contributed by atoms with Crippen LogP contribution in [0.4, 0.5) is 11.4 Å². The van der Waals surface area contributed by atoms with Crippen LogP contribution in [0.3, 0.4) is 0 Å². The average molecular weight is 364 g/mol. The third kappa shape index (κ3) is 3.03. The van der Waals surface area contributed by atoms with E-state index in [1.54, 1.807) is 0 Å². The SMILES string of the molecule is Cc1ccc(C(c2ccccc2)(c2ccc(N)cc2)c2ccc(N)cc2)cc1. The zero-order chi connectivity index (χ0) is 19.6. The van der Waals surface area contributed by atoms with Crippen LogP contribution in [0, 0.1) is 6.92 Å². The quantitative estimate of drug-likeness (QED) is 0.369. The van der Waals surface area contributed by atoms with E-state index in [9.17, 15) is 0 Å². The van der Waals surface area contributed by atoms with E-state index in [4.69, 9.17) is 11.5 Å². The molecule has 0 aliphatic heterocycles. The standard InChI is InChI=1S/C26H24N2/c1-19-7-9-21(10-8-19)26(20-5-3-2-4-6-20,22-11-15-24(27)16-12-22)23-13-17-25(28)18-14-23/h2-18H,27-28H2,1H3. The second-order valence-electron chi connectivity index (χ2n) is 7.23. The van der Waals surface area contributed by atoms with Crippen molar-refractivity contribution in [2.45, 2.75) is 12.3 Å². The summed E-state index contributed by atoms with van der Waals surface area (Å²) in [6.45, 7) is 2.11. The van der Waals surface area contributed by atoms with Gasteiger partial charge in [-0.3, -0.25) is 0 Å². The number of hydrogen-bond acceptors (Lipinski definition) is 2. The molecule has 0 unspecified atom stereocenters. The molecule has 4 rings (SSSR count). The predicted molar refractivity (Wildman–Crippen MR) is 118 cm³/mol. The smallest absolute Gasteiger partial charge is 0.0701 e. The summed E-state index contributed by atoms with van der Waals surface area (Å²) in [6.07, 6.45) is 0. The summed E-state index contributed by atoms with van der Waals surface area (Å²) >= 11 is 0. The van der Waals surface area contributed by atoms with Crippen molar-refractivity contribution >= 4 is 11.4 Å². The molecule has 0 spiro atoms. The van der Waals surface area contributed by atoms with Crippen molar-refractivity contribution in [2.75, 3.05) is 11.5 Å². The Morgan fingerprint density at radius 3 is 1.25 bits per heavy atom. The Kier molecular flexibility index (Phi) is 4.62. The Bertz CT molecular complexity index is 937. The Hall–Kier alpha value is -3.52. The van der Waals surface area contributed by atoms with Gasteiger partial charge in [0.25, 0.3) is 0 Å². The van der Waals surface area contributed by atoms with E-state index in [0.717, 1.165) is 11.4 Å². The van der Waals surface area contributed by atoms with Gasteiger partial charge in [-0.25, -0.2) is 0 Å². The lowest BCUT2D eigenvalue weighted by Gasteiger charge is -2.37. The molecule has 2 heteroatoms. The summed E-state index contributed by atoms with van der Waals surface area (Å²) < 4.78 is 0. The average Bonchev–Trinajstić information content (AvgIpc) is 2.73. The molecule has 2 nitrogen and oxygen atoms in total. The molecule has 0 bridgehead atoms. The first-order chi connectivity index (χ1) is 13.6. The first-order valence-electron chi connectivity index (χ1n) is 9.45. The minimum Gasteiger partial charge on any atom is -0.399 e. The maximum absolute atomic E-state index is 6.01. The molecule has 0 heterocycles. The van der Waals surface area contributed by atoms with Crippen LogP contribution in [-0.2, 0) is 5.41 Å². The Labute approximate surface area is 166 Å². The molecule has 4 aromatic carbocycles. The van der Waals surface area contributed by atoms with Crippen molar-refractivity contribution in [3.8, 4) is 0 Å². The van der Waals surface area contributed by atoms with Gasteiger partial charge >= 0.3 is 0 Å². The lowest BCUT2D eigenvalue weighted by molar-refractivity contribution is 0.745. The predicted octanol–water partition coefficient (Wildman–Crippen LogP) is 5.54. The van der Waals surface area contributed by atoms with E-state index in [1.807, 2.05) is 24.3 Å². The second-order valence-corrected chi connectivity index (χ2v) is 7.23. The molecular weight excluding hydrogens is 340 g/mol. The maximum Gasteiger partial charge on any atom is 0.0701 e. The highest BCUT2D eigenvalue weighted by Gasteiger charge is 2.38. The molecular formula is C26H24N2. The summed E-state index contributed by atoms with van der Waals surface area (Å²) in [5.74, 6) is 0. The molecule has 28 heavy (non-hydrogen) atoms. The third-order valence-electron chi connectivity index (χ3n) is 5.38. The number of nitrogens with two attached hydrogens (primary N) is 2. The second kappa shape index (κ2) is 7.24. The van der Waals surface area contributed by atoms with Crippen molar-refractivity contribution in [1.29, 1.82) is 0 Å². The Balaban J connectivity index is 2.11. The molecule has 4 N–H and O–H groups in total. The van der Waals surface area contributed by atoms with E-state index in [1.165, 1.54) is 27.8 Å². The van der Waals surface area contributed by atoms with Gasteiger partial charge in [-0.05, 0) is 53.4 Å². The minimum absolute atomic E-state index is 0.462. The van der Waals surface area contributed by atoms with E-state index in [-0.39, 0.29) is 0 Å². The molecule has 0 atom stereocenters. The van der Waals surface area contributed by atoms with E-state index in [0.29, 0.717) is 0 Å². The minimum atomic E-state index is -0.462. The van der Waals surface area contributed by atoms with Gasteiger partial charge in [-0.15, -0.1) is 0 Å². The van der Waals surface area contributed by atoms with Crippen LogP contribution in [0.15, 0.2) is 103 Å². The van der Waals surface area contributed by atoms with Gasteiger partial charge in [0.1, 0.15) is 0 Å².